The van der Waals surface area contributed by atoms with Gasteiger partial charge in [-0.05, 0) is 68.1 Å². The van der Waals surface area contributed by atoms with Crippen molar-refractivity contribution in [2.45, 2.75) is 31.8 Å². The van der Waals surface area contributed by atoms with Crippen molar-refractivity contribution in [1.29, 1.82) is 0 Å². The van der Waals surface area contributed by atoms with E-state index < -0.39 is 6.10 Å². The quantitative estimate of drug-likeness (QED) is 0.583. The molecule has 7 heteroatoms. The van der Waals surface area contributed by atoms with Crippen LogP contribution >= 0.6 is 0 Å². The van der Waals surface area contributed by atoms with Gasteiger partial charge in [0.05, 0.1) is 13.2 Å². The molecule has 0 bridgehead atoms. The molecule has 2 aromatic rings. The van der Waals surface area contributed by atoms with E-state index in [-0.39, 0.29) is 18.3 Å². The largest absolute Gasteiger partial charge is 0.490 e. The maximum Gasteiger partial charge on any atom is 0.246 e. The van der Waals surface area contributed by atoms with Crippen molar-refractivity contribution in [1.82, 2.24) is 9.80 Å². The van der Waals surface area contributed by atoms with E-state index in [1.165, 1.54) is 0 Å². The van der Waals surface area contributed by atoms with Crippen LogP contribution in [0, 0.1) is 12.7 Å². The molecule has 2 heterocycles. The van der Waals surface area contributed by atoms with Crippen LogP contribution in [-0.2, 0) is 9.53 Å². The second-order valence-corrected chi connectivity index (χ2v) is 9.36. The van der Waals surface area contributed by atoms with Crippen molar-refractivity contribution >= 4 is 12.0 Å². The number of aliphatic hydroxyl groups excluding tert-OH is 1. The predicted molar refractivity (Wildman–Crippen MR) is 134 cm³/mol. The molecule has 188 valence electrons. The zero-order valence-electron chi connectivity index (χ0n) is 20.4. The Hall–Kier alpha value is -2.74. The third-order valence-electron chi connectivity index (χ3n) is 6.80. The minimum absolute atomic E-state index is 0.0417. The number of amides is 1. The first-order valence-corrected chi connectivity index (χ1v) is 12.4. The summed E-state index contributed by atoms with van der Waals surface area (Å²) in [7, 11) is 0. The lowest BCUT2D eigenvalue weighted by Gasteiger charge is -2.33. The van der Waals surface area contributed by atoms with Gasteiger partial charge >= 0.3 is 0 Å². The Morgan fingerprint density at radius 1 is 1.17 bits per heavy atom. The molecule has 0 aromatic heterocycles. The number of β-amino-alcohol motifs (C(OH)–C–C–N with tert-alkyl or cyclic N) is 1. The van der Waals surface area contributed by atoms with Crippen molar-refractivity contribution in [3.8, 4) is 5.75 Å². The summed E-state index contributed by atoms with van der Waals surface area (Å²) < 4.78 is 25.1. The fourth-order valence-electron chi connectivity index (χ4n) is 4.65. The number of morpholine rings is 1. The maximum atomic E-state index is 13.9. The van der Waals surface area contributed by atoms with E-state index in [1.54, 1.807) is 30.0 Å². The first kappa shape index (κ1) is 25.4. The summed E-state index contributed by atoms with van der Waals surface area (Å²) >= 11 is 0. The number of likely N-dealkylation sites (tertiary alicyclic amines) is 1. The highest BCUT2D eigenvalue weighted by Gasteiger charge is 2.23. The summed E-state index contributed by atoms with van der Waals surface area (Å²) in [5.41, 5.74) is 2.54. The lowest BCUT2D eigenvalue weighted by molar-refractivity contribution is -0.129. The predicted octanol–water partition coefficient (Wildman–Crippen LogP) is 3.63. The number of ether oxygens (including phenoxy) is 2. The van der Waals surface area contributed by atoms with E-state index in [0.29, 0.717) is 50.1 Å². The highest BCUT2D eigenvalue weighted by Crippen LogP contribution is 2.29. The molecule has 0 radical (unpaired) electrons. The topological polar surface area (TPSA) is 62.2 Å². The van der Waals surface area contributed by atoms with Gasteiger partial charge in [-0.2, -0.15) is 0 Å². The third kappa shape index (κ3) is 7.13. The fraction of sp³-hybridized carbons (Fsp3) is 0.464. The first-order valence-electron chi connectivity index (χ1n) is 12.4. The monoisotopic (exact) mass is 482 g/mol. The summed E-state index contributed by atoms with van der Waals surface area (Å²) in [6, 6.07) is 13.1. The highest BCUT2D eigenvalue weighted by molar-refractivity contribution is 5.92. The zero-order chi connectivity index (χ0) is 24.6. The molecule has 1 amide bonds. The number of nitrogens with zero attached hydrogens (tertiary/aromatic N) is 2. The second kappa shape index (κ2) is 12.3. The minimum Gasteiger partial charge on any atom is -0.490 e. The van der Waals surface area contributed by atoms with Gasteiger partial charge in [0, 0.05) is 31.3 Å². The van der Waals surface area contributed by atoms with Gasteiger partial charge in [0.2, 0.25) is 5.91 Å². The van der Waals surface area contributed by atoms with Gasteiger partial charge in [-0.25, -0.2) is 4.39 Å². The Morgan fingerprint density at radius 2 is 1.91 bits per heavy atom. The Kier molecular flexibility index (Phi) is 8.90. The van der Waals surface area contributed by atoms with E-state index >= 15 is 0 Å². The molecular formula is C28H35FN2O4. The van der Waals surface area contributed by atoms with Gasteiger partial charge in [0.25, 0.3) is 0 Å². The molecular weight excluding hydrogens is 447 g/mol. The molecule has 0 unspecified atom stereocenters. The molecule has 1 atom stereocenters. The lowest BCUT2D eigenvalue weighted by Crippen LogP contribution is -2.40. The van der Waals surface area contributed by atoms with E-state index in [9.17, 15) is 14.3 Å². The van der Waals surface area contributed by atoms with Crippen LogP contribution < -0.4 is 4.74 Å². The number of para-hydroxylation sites is 1. The van der Waals surface area contributed by atoms with Crippen molar-refractivity contribution in [2.75, 3.05) is 52.5 Å². The Morgan fingerprint density at radius 3 is 2.66 bits per heavy atom. The standard InChI is InChI=1S/C28H35FN2O4/c1-21-6-7-24(18-26(21)29)22-10-12-30(13-11-22)19-25(32)20-35-27-5-3-2-4-23(27)8-9-28(33)31-14-16-34-17-15-31/h2-9,18,22,25,32H,10-17,19-20H2,1H3/t25-/m0/s1. The highest BCUT2D eigenvalue weighted by atomic mass is 19.1. The molecule has 1 N–H and O–H groups in total. The number of hydrogen-bond acceptors (Lipinski definition) is 5. The number of aryl methyl sites for hydroxylation is 1. The van der Waals surface area contributed by atoms with Crippen LogP contribution in [0.5, 0.6) is 5.75 Å². The molecule has 0 spiro atoms. The summed E-state index contributed by atoms with van der Waals surface area (Å²) in [6.45, 7) is 6.55. The van der Waals surface area contributed by atoms with Crippen molar-refractivity contribution in [2.24, 2.45) is 0 Å². The lowest BCUT2D eigenvalue weighted by atomic mass is 9.89. The van der Waals surface area contributed by atoms with Crippen LogP contribution in [0.3, 0.4) is 0 Å². The summed E-state index contributed by atoms with van der Waals surface area (Å²) in [5, 5.41) is 10.6. The van der Waals surface area contributed by atoms with Crippen molar-refractivity contribution < 1.29 is 23.8 Å². The first-order chi connectivity index (χ1) is 17.0. The maximum absolute atomic E-state index is 13.9. The van der Waals surface area contributed by atoms with E-state index in [1.807, 2.05) is 36.4 Å². The van der Waals surface area contributed by atoms with Crippen LogP contribution in [-0.4, -0.2) is 79.5 Å². The van der Waals surface area contributed by atoms with E-state index in [0.717, 1.165) is 37.1 Å². The van der Waals surface area contributed by atoms with Crippen LogP contribution in [0.4, 0.5) is 4.39 Å². The normalized spacial score (nSPS) is 18.7. The molecule has 35 heavy (non-hydrogen) atoms. The molecule has 2 saturated heterocycles. The number of halogens is 1. The molecule has 0 aliphatic carbocycles. The van der Waals surface area contributed by atoms with Crippen LogP contribution in [0.25, 0.3) is 6.08 Å². The molecule has 6 nitrogen and oxygen atoms in total. The van der Waals surface area contributed by atoms with Crippen LogP contribution in [0.15, 0.2) is 48.5 Å². The molecule has 2 aliphatic heterocycles. The van der Waals surface area contributed by atoms with Gasteiger partial charge in [-0.1, -0.05) is 30.3 Å². The van der Waals surface area contributed by atoms with E-state index in [4.69, 9.17) is 9.47 Å². The van der Waals surface area contributed by atoms with E-state index in [2.05, 4.69) is 4.90 Å². The Bertz CT molecular complexity index is 1010. The van der Waals surface area contributed by atoms with Gasteiger partial charge in [0.15, 0.2) is 0 Å². The molecule has 0 saturated carbocycles. The third-order valence-corrected chi connectivity index (χ3v) is 6.80. The molecule has 2 aliphatic rings. The second-order valence-electron chi connectivity index (χ2n) is 9.36. The van der Waals surface area contributed by atoms with Gasteiger partial charge < -0.3 is 24.4 Å². The minimum atomic E-state index is -0.629. The van der Waals surface area contributed by atoms with Crippen molar-refractivity contribution in [3.05, 3.63) is 71.0 Å². The summed E-state index contributed by atoms with van der Waals surface area (Å²) in [6.07, 6.45) is 4.59. The molecule has 4 rings (SSSR count). The van der Waals surface area contributed by atoms with Gasteiger partial charge in [-0.15, -0.1) is 0 Å². The summed E-state index contributed by atoms with van der Waals surface area (Å²) in [4.78, 5) is 16.4. The average Bonchev–Trinajstić information content (AvgIpc) is 2.89. The Labute approximate surface area is 206 Å². The van der Waals surface area contributed by atoms with Gasteiger partial charge in [0.1, 0.15) is 24.3 Å². The Balaban J connectivity index is 1.24. The average molecular weight is 483 g/mol. The van der Waals surface area contributed by atoms with Gasteiger partial charge in [-0.3, -0.25) is 4.79 Å². The number of carbonyl (C=O) groups is 1. The number of rotatable bonds is 8. The number of piperidine rings is 1. The zero-order valence-corrected chi connectivity index (χ0v) is 20.4. The van der Waals surface area contributed by atoms with Crippen LogP contribution in [0.2, 0.25) is 0 Å². The molecule has 2 fully saturated rings. The number of aliphatic hydroxyl groups is 1. The summed E-state index contributed by atoms with van der Waals surface area (Å²) in [5.74, 6) is 0.810. The number of benzene rings is 2. The molecule has 2 aromatic carbocycles. The van der Waals surface area contributed by atoms with Crippen LogP contribution in [0.1, 0.15) is 35.4 Å². The number of carbonyl (C=O) groups excluding carboxylic acids is 1. The SMILES string of the molecule is Cc1ccc(C2CCN(C[C@H](O)COc3ccccc3C=CC(=O)N3CCOCC3)CC2)cc1F. The van der Waals surface area contributed by atoms with Crippen molar-refractivity contribution in [3.63, 3.8) is 0 Å². The smallest absolute Gasteiger partial charge is 0.246 e. The number of hydrogen-bond donors (Lipinski definition) is 1. The fourth-order valence-corrected chi connectivity index (χ4v) is 4.65.